The van der Waals surface area contributed by atoms with Crippen LogP contribution >= 0.6 is 0 Å². The highest BCUT2D eigenvalue weighted by atomic mass is 19.1. The summed E-state index contributed by atoms with van der Waals surface area (Å²) in [5.41, 5.74) is 1.69. The predicted molar refractivity (Wildman–Crippen MR) is 106 cm³/mol. The molecule has 1 saturated heterocycles. The highest BCUT2D eigenvalue weighted by Gasteiger charge is 2.21. The van der Waals surface area contributed by atoms with Crippen LogP contribution in [0.1, 0.15) is 24.0 Å². The van der Waals surface area contributed by atoms with E-state index < -0.39 is 0 Å². The number of rotatable bonds is 4. The molecule has 2 aromatic rings. The standard InChI is InChI=1S/C21H23F2N5/c1-25-21(26-13-16-10-15(12-24)7-8-20(16)23)27-18-5-3-9-28(14-18)19-6-2-4-17(22)11-19/h2,4,6-8,10-11,18H,3,5,9,13-14H2,1H3,(H2,25,26,27). The van der Waals surface area contributed by atoms with Crippen molar-refractivity contribution in [1.29, 1.82) is 5.26 Å². The van der Waals surface area contributed by atoms with E-state index in [1.54, 1.807) is 19.2 Å². The van der Waals surface area contributed by atoms with Crippen LogP contribution in [0.5, 0.6) is 0 Å². The van der Waals surface area contributed by atoms with Gasteiger partial charge in [0.15, 0.2) is 5.96 Å². The van der Waals surface area contributed by atoms with Crippen molar-refractivity contribution in [2.24, 2.45) is 4.99 Å². The molecule has 1 fully saturated rings. The van der Waals surface area contributed by atoms with E-state index >= 15 is 0 Å². The summed E-state index contributed by atoms with van der Waals surface area (Å²) in [6.07, 6.45) is 1.94. The van der Waals surface area contributed by atoms with Crippen molar-refractivity contribution >= 4 is 11.6 Å². The number of aliphatic imine (C=N–C) groups is 1. The maximum atomic E-state index is 13.9. The lowest BCUT2D eigenvalue weighted by molar-refractivity contribution is 0.467. The maximum Gasteiger partial charge on any atom is 0.191 e. The van der Waals surface area contributed by atoms with Gasteiger partial charge in [-0.1, -0.05) is 6.07 Å². The first-order chi connectivity index (χ1) is 13.6. The Morgan fingerprint density at radius 3 is 2.89 bits per heavy atom. The van der Waals surface area contributed by atoms with Crippen LogP contribution in [0.15, 0.2) is 47.5 Å². The molecule has 0 radical (unpaired) electrons. The van der Waals surface area contributed by atoms with Crippen molar-refractivity contribution in [3.05, 3.63) is 65.2 Å². The van der Waals surface area contributed by atoms with E-state index in [0.717, 1.165) is 31.6 Å². The minimum absolute atomic E-state index is 0.138. The molecule has 0 bridgehead atoms. The Hall–Kier alpha value is -3.14. The molecule has 28 heavy (non-hydrogen) atoms. The lowest BCUT2D eigenvalue weighted by Gasteiger charge is -2.35. The van der Waals surface area contributed by atoms with Gasteiger partial charge in [0.05, 0.1) is 11.6 Å². The number of hydrogen-bond donors (Lipinski definition) is 2. The molecule has 0 spiro atoms. The lowest BCUT2D eigenvalue weighted by Crippen LogP contribution is -2.51. The zero-order valence-corrected chi connectivity index (χ0v) is 15.8. The van der Waals surface area contributed by atoms with Gasteiger partial charge in [-0.2, -0.15) is 5.26 Å². The summed E-state index contributed by atoms with van der Waals surface area (Å²) in [5.74, 6) is -0.0450. The summed E-state index contributed by atoms with van der Waals surface area (Å²) < 4.78 is 27.5. The van der Waals surface area contributed by atoms with E-state index in [4.69, 9.17) is 5.26 Å². The number of benzene rings is 2. The summed E-state index contributed by atoms with van der Waals surface area (Å²) in [4.78, 5) is 6.36. The van der Waals surface area contributed by atoms with E-state index in [9.17, 15) is 8.78 Å². The van der Waals surface area contributed by atoms with Crippen LogP contribution in [0.25, 0.3) is 0 Å². The second kappa shape index (κ2) is 9.18. The number of piperidine rings is 1. The van der Waals surface area contributed by atoms with E-state index in [0.29, 0.717) is 17.1 Å². The first-order valence-electron chi connectivity index (χ1n) is 9.25. The third-order valence-electron chi connectivity index (χ3n) is 4.78. The number of anilines is 1. The summed E-state index contributed by atoms with van der Waals surface area (Å²) in [7, 11) is 1.66. The molecule has 5 nitrogen and oxygen atoms in total. The second-order valence-electron chi connectivity index (χ2n) is 6.75. The quantitative estimate of drug-likeness (QED) is 0.629. The van der Waals surface area contributed by atoms with Crippen LogP contribution in [-0.2, 0) is 6.54 Å². The average molecular weight is 383 g/mol. The van der Waals surface area contributed by atoms with Gasteiger partial charge in [-0.25, -0.2) is 8.78 Å². The van der Waals surface area contributed by atoms with Crippen molar-refractivity contribution in [1.82, 2.24) is 10.6 Å². The van der Waals surface area contributed by atoms with Crippen LogP contribution in [0.2, 0.25) is 0 Å². The number of nitriles is 1. The summed E-state index contributed by atoms with van der Waals surface area (Å²) in [6.45, 7) is 1.82. The van der Waals surface area contributed by atoms with Gasteiger partial charge in [-0.3, -0.25) is 4.99 Å². The van der Waals surface area contributed by atoms with E-state index in [-0.39, 0.29) is 24.2 Å². The number of halogens is 2. The van der Waals surface area contributed by atoms with Crippen LogP contribution in [-0.4, -0.2) is 32.1 Å². The van der Waals surface area contributed by atoms with Gasteiger partial charge in [0, 0.05) is 44.0 Å². The Labute approximate surface area is 163 Å². The first-order valence-corrected chi connectivity index (χ1v) is 9.25. The molecule has 1 aliphatic heterocycles. The number of hydrogen-bond acceptors (Lipinski definition) is 3. The smallest absolute Gasteiger partial charge is 0.191 e. The Morgan fingerprint density at radius 1 is 1.29 bits per heavy atom. The molecule has 1 heterocycles. The first kappa shape index (κ1) is 19.6. The van der Waals surface area contributed by atoms with Crippen molar-refractivity contribution in [3.8, 4) is 6.07 Å². The van der Waals surface area contributed by atoms with Crippen LogP contribution in [0.4, 0.5) is 14.5 Å². The monoisotopic (exact) mass is 383 g/mol. The summed E-state index contributed by atoms with van der Waals surface area (Å²) >= 11 is 0. The minimum atomic E-state index is -0.364. The molecule has 1 aliphatic rings. The largest absolute Gasteiger partial charge is 0.369 e. The van der Waals surface area contributed by atoms with Gasteiger partial charge < -0.3 is 15.5 Å². The highest BCUT2D eigenvalue weighted by Crippen LogP contribution is 2.20. The molecule has 0 saturated carbocycles. The molecule has 7 heteroatoms. The summed E-state index contributed by atoms with van der Waals surface area (Å²) in [6, 6.07) is 13.0. The van der Waals surface area contributed by atoms with Gasteiger partial charge in [0.2, 0.25) is 0 Å². The predicted octanol–water partition coefficient (Wildman–Crippen LogP) is 3.17. The molecular weight excluding hydrogens is 360 g/mol. The van der Waals surface area contributed by atoms with Gasteiger partial charge in [-0.15, -0.1) is 0 Å². The molecule has 1 unspecified atom stereocenters. The average Bonchev–Trinajstić information content (AvgIpc) is 2.72. The van der Waals surface area contributed by atoms with Gasteiger partial charge in [0.1, 0.15) is 11.6 Å². The zero-order valence-electron chi connectivity index (χ0n) is 15.8. The fourth-order valence-corrected chi connectivity index (χ4v) is 3.35. The Balaban J connectivity index is 1.59. The summed E-state index contributed by atoms with van der Waals surface area (Å²) in [5, 5.41) is 15.4. The van der Waals surface area contributed by atoms with Crippen LogP contribution < -0.4 is 15.5 Å². The Bertz CT molecular complexity index is 891. The molecule has 2 N–H and O–H groups in total. The molecule has 3 rings (SSSR count). The minimum Gasteiger partial charge on any atom is -0.369 e. The highest BCUT2D eigenvalue weighted by molar-refractivity contribution is 5.80. The van der Waals surface area contributed by atoms with Crippen molar-refractivity contribution in [2.75, 3.05) is 25.0 Å². The fourth-order valence-electron chi connectivity index (χ4n) is 3.35. The topological polar surface area (TPSA) is 63.5 Å². The third kappa shape index (κ3) is 4.97. The molecular formula is C21H23F2N5. The Morgan fingerprint density at radius 2 is 2.14 bits per heavy atom. The molecule has 0 amide bonds. The molecule has 0 aromatic heterocycles. The third-order valence-corrected chi connectivity index (χ3v) is 4.78. The molecule has 2 aromatic carbocycles. The fraction of sp³-hybridized carbons (Fsp3) is 0.333. The lowest BCUT2D eigenvalue weighted by atomic mass is 10.0. The normalized spacial score (nSPS) is 17.1. The van der Waals surface area contributed by atoms with Crippen molar-refractivity contribution in [2.45, 2.75) is 25.4 Å². The number of nitrogens with zero attached hydrogens (tertiary/aromatic N) is 3. The van der Waals surface area contributed by atoms with Crippen LogP contribution in [0.3, 0.4) is 0 Å². The van der Waals surface area contributed by atoms with E-state index in [1.165, 1.54) is 24.3 Å². The molecule has 1 atom stereocenters. The molecule has 146 valence electrons. The van der Waals surface area contributed by atoms with Crippen molar-refractivity contribution in [3.63, 3.8) is 0 Å². The number of guanidine groups is 1. The maximum absolute atomic E-state index is 13.9. The molecule has 0 aliphatic carbocycles. The van der Waals surface area contributed by atoms with Gasteiger partial charge in [0.25, 0.3) is 0 Å². The number of nitrogens with one attached hydrogen (secondary N) is 2. The SMILES string of the molecule is CN=C(NCc1cc(C#N)ccc1F)NC1CCCN(c2cccc(F)c2)C1. The van der Waals surface area contributed by atoms with Crippen LogP contribution in [0, 0.1) is 23.0 Å². The van der Waals surface area contributed by atoms with Gasteiger partial charge >= 0.3 is 0 Å². The van der Waals surface area contributed by atoms with Gasteiger partial charge in [-0.05, 0) is 49.2 Å². The van der Waals surface area contributed by atoms with E-state index in [2.05, 4.69) is 20.5 Å². The Kier molecular flexibility index (Phi) is 6.43. The van der Waals surface area contributed by atoms with E-state index in [1.807, 2.05) is 12.1 Å². The van der Waals surface area contributed by atoms with Crippen molar-refractivity contribution < 1.29 is 8.78 Å². The zero-order chi connectivity index (χ0) is 19.9. The second-order valence-corrected chi connectivity index (χ2v) is 6.75.